The first-order chi connectivity index (χ1) is 13.2. The van der Waals surface area contributed by atoms with Crippen LogP contribution in [0.2, 0.25) is 0 Å². The minimum atomic E-state index is -0.908. The Morgan fingerprint density at radius 2 is 1.00 bits per heavy atom. The SMILES string of the molecule is CCCCCCCCCCN(CCCCCCCCCC)CCNC(=O)O. The summed E-state index contributed by atoms with van der Waals surface area (Å²) in [5.41, 5.74) is 0. The van der Waals surface area contributed by atoms with Gasteiger partial charge < -0.3 is 15.3 Å². The third kappa shape index (κ3) is 21.4. The molecule has 0 bridgehead atoms. The van der Waals surface area contributed by atoms with Crippen molar-refractivity contribution in [3.8, 4) is 0 Å². The zero-order valence-electron chi connectivity index (χ0n) is 18.4. The molecule has 0 heterocycles. The van der Waals surface area contributed by atoms with Crippen molar-refractivity contribution in [2.45, 2.75) is 117 Å². The van der Waals surface area contributed by atoms with Crippen LogP contribution in [0, 0.1) is 0 Å². The van der Waals surface area contributed by atoms with E-state index in [0.29, 0.717) is 6.54 Å². The molecule has 0 unspecified atom stereocenters. The maximum Gasteiger partial charge on any atom is 0.404 e. The summed E-state index contributed by atoms with van der Waals surface area (Å²) >= 11 is 0. The number of carbonyl (C=O) groups is 1. The van der Waals surface area contributed by atoms with Gasteiger partial charge >= 0.3 is 6.09 Å². The lowest BCUT2D eigenvalue weighted by Crippen LogP contribution is -2.35. The van der Waals surface area contributed by atoms with Gasteiger partial charge in [0.15, 0.2) is 0 Å². The Morgan fingerprint density at radius 3 is 1.37 bits per heavy atom. The summed E-state index contributed by atoms with van der Waals surface area (Å²) in [7, 11) is 0. The number of nitrogens with zero attached hydrogens (tertiary/aromatic N) is 1. The molecule has 4 heteroatoms. The fourth-order valence-corrected chi connectivity index (χ4v) is 3.59. The summed E-state index contributed by atoms with van der Waals surface area (Å²) in [4.78, 5) is 13.1. The predicted octanol–water partition coefficient (Wildman–Crippen LogP) is 6.84. The number of rotatable bonds is 21. The Morgan fingerprint density at radius 1 is 0.630 bits per heavy atom. The minimum Gasteiger partial charge on any atom is -0.465 e. The zero-order chi connectivity index (χ0) is 20.0. The molecule has 0 rings (SSSR count). The van der Waals surface area contributed by atoms with Crippen molar-refractivity contribution in [3.63, 3.8) is 0 Å². The highest BCUT2D eigenvalue weighted by atomic mass is 16.4. The summed E-state index contributed by atoms with van der Waals surface area (Å²) < 4.78 is 0. The Labute approximate surface area is 169 Å². The van der Waals surface area contributed by atoms with E-state index < -0.39 is 6.09 Å². The standard InChI is InChI=1S/C23H48N2O2/c1-3-5-7-9-11-13-15-17-20-25(22-19-24-23(26)27)21-18-16-14-12-10-8-6-4-2/h24H,3-22H2,1-2H3,(H,26,27). The van der Waals surface area contributed by atoms with Crippen LogP contribution in [0.4, 0.5) is 4.79 Å². The van der Waals surface area contributed by atoms with Crippen LogP contribution >= 0.6 is 0 Å². The molecule has 4 nitrogen and oxygen atoms in total. The fourth-order valence-electron chi connectivity index (χ4n) is 3.59. The van der Waals surface area contributed by atoms with Crippen molar-refractivity contribution in [1.82, 2.24) is 10.2 Å². The van der Waals surface area contributed by atoms with E-state index >= 15 is 0 Å². The normalized spacial score (nSPS) is 11.2. The molecule has 0 radical (unpaired) electrons. The largest absolute Gasteiger partial charge is 0.465 e. The molecule has 0 fully saturated rings. The first-order valence-corrected chi connectivity index (χ1v) is 11.9. The Hall–Kier alpha value is -0.770. The molecular weight excluding hydrogens is 336 g/mol. The summed E-state index contributed by atoms with van der Waals surface area (Å²) in [6.45, 7) is 8.16. The molecule has 0 spiro atoms. The van der Waals surface area contributed by atoms with Crippen LogP contribution < -0.4 is 5.32 Å². The van der Waals surface area contributed by atoms with E-state index in [1.165, 1.54) is 103 Å². The minimum absolute atomic E-state index is 0.545. The molecule has 2 N–H and O–H groups in total. The fraction of sp³-hybridized carbons (Fsp3) is 0.957. The van der Waals surface area contributed by atoms with Gasteiger partial charge in [-0.1, -0.05) is 104 Å². The average molecular weight is 385 g/mol. The number of hydrogen-bond donors (Lipinski definition) is 2. The number of unbranched alkanes of at least 4 members (excludes halogenated alkanes) is 14. The molecule has 0 aliphatic carbocycles. The van der Waals surface area contributed by atoms with Crippen LogP contribution in [-0.2, 0) is 0 Å². The third-order valence-electron chi connectivity index (χ3n) is 5.36. The van der Waals surface area contributed by atoms with Crippen LogP contribution in [0.3, 0.4) is 0 Å². The van der Waals surface area contributed by atoms with Crippen molar-refractivity contribution in [2.75, 3.05) is 26.2 Å². The van der Waals surface area contributed by atoms with E-state index in [-0.39, 0.29) is 0 Å². The van der Waals surface area contributed by atoms with Gasteiger partial charge in [0, 0.05) is 13.1 Å². The van der Waals surface area contributed by atoms with Gasteiger partial charge in [-0.2, -0.15) is 0 Å². The second-order valence-electron chi connectivity index (χ2n) is 8.02. The van der Waals surface area contributed by atoms with Gasteiger partial charge in [-0.15, -0.1) is 0 Å². The van der Waals surface area contributed by atoms with Gasteiger partial charge in [-0.05, 0) is 25.9 Å². The summed E-state index contributed by atoms with van der Waals surface area (Å²) in [6.07, 6.45) is 20.6. The lowest BCUT2D eigenvalue weighted by atomic mass is 10.1. The van der Waals surface area contributed by atoms with E-state index in [4.69, 9.17) is 5.11 Å². The van der Waals surface area contributed by atoms with Gasteiger partial charge in [0.1, 0.15) is 0 Å². The maximum atomic E-state index is 10.7. The van der Waals surface area contributed by atoms with Gasteiger partial charge in [0.2, 0.25) is 0 Å². The molecule has 0 atom stereocenters. The van der Waals surface area contributed by atoms with Crippen LogP contribution in [0.1, 0.15) is 117 Å². The molecule has 27 heavy (non-hydrogen) atoms. The van der Waals surface area contributed by atoms with Crippen molar-refractivity contribution in [3.05, 3.63) is 0 Å². The highest BCUT2D eigenvalue weighted by Crippen LogP contribution is 2.11. The first kappa shape index (κ1) is 26.2. The lowest BCUT2D eigenvalue weighted by Gasteiger charge is -2.22. The summed E-state index contributed by atoms with van der Waals surface area (Å²) in [5.74, 6) is 0. The lowest BCUT2D eigenvalue weighted by molar-refractivity contribution is 0.190. The molecule has 0 saturated carbocycles. The number of carboxylic acid groups (broad SMARTS) is 1. The van der Waals surface area contributed by atoms with E-state index in [1.807, 2.05) is 0 Å². The zero-order valence-corrected chi connectivity index (χ0v) is 18.4. The number of hydrogen-bond acceptors (Lipinski definition) is 2. The molecule has 0 saturated heterocycles. The molecule has 0 aliphatic heterocycles. The van der Waals surface area contributed by atoms with Crippen LogP contribution in [0.5, 0.6) is 0 Å². The first-order valence-electron chi connectivity index (χ1n) is 11.9. The van der Waals surface area contributed by atoms with E-state index in [0.717, 1.165) is 19.6 Å². The number of nitrogens with one attached hydrogen (secondary N) is 1. The van der Waals surface area contributed by atoms with E-state index in [9.17, 15) is 4.79 Å². The van der Waals surface area contributed by atoms with E-state index in [1.54, 1.807) is 0 Å². The Balaban J connectivity index is 3.75. The van der Waals surface area contributed by atoms with Crippen molar-refractivity contribution < 1.29 is 9.90 Å². The number of amides is 1. The third-order valence-corrected chi connectivity index (χ3v) is 5.36. The molecule has 0 aromatic heterocycles. The average Bonchev–Trinajstić information content (AvgIpc) is 2.65. The smallest absolute Gasteiger partial charge is 0.404 e. The quantitative estimate of drug-likeness (QED) is 0.213. The molecule has 162 valence electrons. The Kier molecular flexibility index (Phi) is 20.9. The summed E-state index contributed by atoms with van der Waals surface area (Å²) in [5, 5.41) is 11.3. The van der Waals surface area contributed by atoms with Crippen LogP contribution in [0.25, 0.3) is 0 Å². The topological polar surface area (TPSA) is 52.6 Å². The second-order valence-corrected chi connectivity index (χ2v) is 8.02. The van der Waals surface area contributed by atoms with Gasteiger partial charge in [-0.25, -0.2) is 4.79 Å². The molecule has 0 aromatic rings. The highest BCUT2D eigenvalue weighted by Gasteiger charge is 2.05. The summed E-state index contributed by atoms with van der Waals surface area (Å²) in [6, 6.07) is 0. The van der Waals surface area contributed by atoms with Crippen LogP contribution in [-0.4, -0.2) is 42.3 Å². The van der Waals surface area contributed by atoms with Gasteiger partial charge in [0.25, 0.3) is 0 Å². The maximum absolute atomic E-state index is 10.7. The second kappa shape index (κ2) is 21.5. The molecule has 1 amide bonds. The van der Waals surface area contributed by atoms with Crippen molar-refractivity contribution in [1.29, 1.82) is 0 Å². The van der Waals surface area contributed by atoms with Gasteiger partial charge in [-0.3, -0.25) is 0 Å². The van der Waals surface area contributed by atoms with E-state index in [2.05, 4.69) is 24.1 Å². The van der Waals surface area contributed by atoms with Crippen molar-refractivity contribution >= 4 is 6.09 Å². The molecule has 0 aliphatic rings. The predicted molar refractivity (Wildman–Crippen MR) is 118 cm³/mol. The molecule has 0 aromatic carbocycles. The molecular formula is C23H48N2O2. The Bertz CT molecular complexity index is 291. The van der Waals surface area contributed by atoms with Gasteiger partial charge in [0.05, 0.1) is 0 Å². The monoisotopic (exact) mass is 384 g/mol. The van der Waals surface area contributed by atoms with Crippen molar-refractivity contribution in [2.24, 2.45) is 0 Å². The highest BCUT2D eigenvalue weighted by molar-refractivity contribution is 5.64. The van der Waals surface area contributed by atoms with Crippen LogP contribution in [0.15, 0.2) is 0 Å².